The molecule has 0 spiro atoms. The zero-order valence-corrected chi connectivity index (χ0v) is 19.9. The van der Waals surface area contributed by atoms with Gasteiger partial charge in [0.05, 0.1) is 16.9 Å². The summed E-state index contributed by atoms with van der Waals surface area (Å²) >= 11 is 0. The number of rotatable bonds is 6. The molecule has 0 aliphatic rings. The van der Waals surface area contributed by atoms with Gasteiger partial charge in [-0.1, -0.05) is 19.9 Å². The van der Waals surface area contributed by atoms with Crippen molar-refractivity contribution in [1.82, 2.24) is 14.0 Å². The topological polar surface area (TPSA) is 138 Å². The molecular formula is C25H23N5O6. The van der Waals surface area contributed by atoms with Crippen LogP contribution in [-0.2, 0) is 11.3 Å². The summed E-state index contributed by atoms with van der Waals surface area (Å²) in [6.07, 6.45) is 1.58. The Kier molecular flexibility index (Phi) is 6.73. The van der Waals surface area contributed by atoms with E-state index in [0.717, 1.165) is 0 Å². The lowest BCUT2D eigenvalue weighted by Gasteiger charge is -2.16. The minimum Gasteiger partial charge on any atom is -0.462 e. The van der Waals surface area contributed by atoms with E-state index in [1.807, 2.05) is 13.8 Å². The molecule has 0 unspecified atom stereocenters. The first-order chi connectivity index (χ1) is 17.2. The standard InChI is InChI=1S/C25H23N5O6/c1-4-36-25(33)19-13-18-21(26-20-7-5-6-12-28(20)24(18)32)29(14-15(2)3)22(19)27-23(31)16-8-10-17(11-9-16)30(34)35/h5-13,15H,4,14H2,1-3H3. The van der Waals surface area contributed by atoms with E-state index in [1.165, 1.54) is 34.7 Å². The number of amides is 1. The summed E-state index contributed by atoms with van der Waals surface area (Å²) < 4.78 is 8.15. The number of hydrogen-bond donors (Lipinski definition) is 0. The molecule has 0 saturated carbocycles. The van der Waals surface area contributed by atoms with Crippen molar-refractivity contribution in [2.75, 3.05) is 6.61 Å². The summed E-state index contributed by atoms with van der Waals surface area (Å²) in [4.78, 5) is 58.6. The van der Waals surface area contributed by atoms with E-state index in [9.17, 15) is 24.5 Å². The van der Waals surface area contributed by atoms with E-state index in [1.54, 1.807) is 35.9 Å². The Bertz CT molecular complexity index is 1630. The van der Waals surface area contributed by atoms with E-state index in [-0.39, 0.29) is 51.4 Å². The second-order valence-corrected chi connectivity index (χ2v) is 8.41. The number of non-ortho nitro benzene ring substituents is 1. The molecule has 0 aliphatic heterocycles. The highest BCUT2D eigenvalue weighted by atomic mass is 16.6. The van der Waals surface area contributed by atoms with Crippen LogP contribution in [0.15, 0.2) is 64.5 Å². The highest BCUT2D eigenvalue weighted by Crippen LogP contribution is 2.15. The van der Waals surface area contributed by atoms with Crippen LogP contribution in [0.5, 0.6) is 0 Å². The minimum atomic E-state index is -0.746. The quantitative estimate of drug-likeness (QED) is 0.175. The molecule has 0 aliphatic carbocycles. The van der Waals surface area contributed by atoms with Gasteiger partial charge in [0.2, 0.25) is 0 Å². The molecule has 0 fully saturated rings. The number of fused-ring (bicyclic) bond motifs is 2. The predicted molar refractivity (Wildman–Crippen MR) is 131 cm³/mol. The Labute approximate surface area is 204 Å². The van der Waals surface area contributed by atoms with Gasteiger partial charge < -0.3 is 9.30 Å². The van der Waals surface area contributed by atoms with E-state index in [0.29, 0.717) is 12.2 Å². The number of nitro groups is 1. The van der Waals surface area contributed by atoms with Crippen LogP contribution in [-0.4, -0.2) is 37.4 Å². The van der Waals surface area contributed by atoms with Crippen LogP contribution in [0.2, 0.25) is 0 Å². The maximum absolute atomic E-state index is 13.3. The second-order valence-electron chi connectivity index (χ2n) is 8.41. The first-order valence-corrected chi connectivity index (χ1v) is 11.3. The summed E-state index contributed by atoms with van der Waals surface area (Å²) in [5, 5.41) is 11.1. The average molecular weight is 489 g/mol. The highest BCUT2D eigenvalue weighted by molar-refractivity contribution is 5.97. The molecule has 36 heavy (non-hydrogen) atoms. The lowest BCUT2D eigenvalue weighted by molar-refractivity contribution is -0.384. The van der Waals surface area contributed by atoms with Crippen LogP contribution in [0.4, 0.5) is 5.69 Å². The van der Waals surface area contributed by atoms with Crippen molar-refractivity contribution in [3.8, 4) is 0 Å². The van der Waals surface area contributed by atoms with Gasteiger partial charge >= 0.3 is 5.97 Å². The minimum absolute atomic E-state index is 0.00909. The Morgan fingerprint density at radius 3 is 2.53 bits per heavy atom. The highest BCUT2D eigenvalue weighted by Gasteiger charge is 2.21. The van der Waals surface area contributed by atoms with Crippen molar-refractivity contribution < 1.29 is 19.2 Å². The van der Waals surface area contributed by atoms with Gasteiger partial charge in [0.25, 0.3) is 17.2 Å². The summed E-state index contributed by atoms with van der Waals surface area (Å²) in [7, 11) is 0. The Balaban J connectivity index is 2.07. The third-order valence-corrected chi connectivity index (χ3v) is 5.37. The summed E-state index contributed by atoms with van der Waals surface area (Å²) in [6.45, 7) is 5.89. The van der Waals surface area contributed by atoms with Gasteiger partial charge in [0.15, 0.2) is 5.49 Å². The maximum atomic E-state index is 13.3. The Hall–Kier alpha value is -4.67. The van der Waals surface area contributed by atoms with Crippen molar-refractivity contribution in [2.45, 2.75) is 27.3 Å². The number of esters is 1. The van der Waals surface area contributed by atoms with Gasteiger partial charge in [-0.2, -0.15) is 4.99 Å². The first kappa shape index (κ1) is 24.5. The van der Waals surface area contributed by atoms with Crippen molar-refractivity contribution in [2.24, 2.45) is 10.9 Å². The summed E-state index contributed by atoms with van der Waals surface area (Å²) in [5.74, 6) is -1.43. The Morgan fingerprint density at radius 1 is 1.17 bits per heavy atom. The summed E-state index contributed by atoms with van der Waals surface area (Å²) in [5.41, 5.74) is 0.133. The van der Waals surface area contributed by atoms with Crippen molar-refractivity contribution in [1.29, 1.82) is 0 Å². The SMILES string of the molecule is CCOC(=O)c1cc2c(=O)n3ccccc3nc2n(CC(C)C)c1=NC(=O)c1ccc([N+](=O)[O-])cc1. The molecule has 4 aromatic rings. The molecule has 1 aromatic carbocycles. The maximum Gasteiger partial charge on any atom is 0.341 e. The molecule has 0 bridgehead atoms. The lowest BCUT2D eigenvalue weighted by atomic mass is 10.1. The molecule has 3 aromatic heterocycles. The van der Waals surface area contributed by atoms with Gasteiger partial charge in [-0.25, -0.2) is 9.78 Å². The fraction of sp³-hybridized carbons (Fsp3) is 0.240. The van der Waals surface area contributed by atoms with Gasteiger partial charge in [-0.3, -0.25) is 24.1 Å². The number of carbonyl (C=O) groups excluding carboxylic acids is 2. The number of ether oxygens (including phenoxy) is 1. The van der Waals surface area contributed by atoms with Crippen LogP contribution in [0.1, 0.15) is 41.5 Å². The van der Waals surface area contributed by atoms with Gasteiger partial charge in [-0.05, 0) is 43.2 Å². The predicted octanol–water partition coefficient (Wildman–Crippen LogP) is 3.13. The number of aromatic nitrogens is 3. The van der Waals surface area contributed by atoms with Gasteiger partial charge in [0, 0.05) is 30.4 Å². The number of hydrogen-bond acceptors (Lipinski definition) is 7. The largest absolute Gasteiger partial charge is 0.462 e. The fourth-order valence-electron chi connectivity index (χ4n) is 3.78. The molecule has 1 amide bonds. The van der Waals surface area contributed by atoms with E-state index in [4.69, 9.17) is 4.74 Å². The number of benzene rings is 1. The molecule has 0 radical (unpaired) electrons. The van der Waals surface area contributed by atoms with Crippen molar-refractivity contribution in [3.05, 3.63) is 91.8 Å². The molecule has 11 heteroatoms. The molecule has 0 N–H and O–H groups in total. The van der Waals surface area contributed by atoms with Crippen LogP contribution in [0, 0.1) is 16.0 Å². The van der Waals surface area contributed by atoms with Gasteiger partial charge in [0.1, 0.15) is 16.9 Å². The molecule has 0 atom stereocenters. The molecular weight excluding hydrogens is 466 g/mol. The molecule has 184 valence electrons. The van der Waals surface area contributed by atoms with Crippen molar-refractivity contribution in [3.63, 3.8) is 0 Å². The number of nitro benzene ring substituents is 1. The Morgan fingerprint density at radius 2 is 1.89 bits per heavy atom. The normalized spacial score (nSPS) is 11.8. The number of pyridine rings is 2. The zero-order valence-electron chi connectivity index (χ0n) is 19.9. The molecule has 4 rings (SSSR count). The van der Waals surface area contributed by atoms with Crippen LogP contribution in [0.25, 0.3) is 16.7 Å². The van der Waals surface area contributed by atoms with E-state index < -0.39 is 16.8 Å². The molecule has 3 heterocycles. The lowest BCUT2D eigenvalue weighted by Crippen LogP contribution is -2.33. The smallest absolute Gasteiger partial charge is 0.341 e. The van der Waals surface area contributed by atoms with E-state index >= 15 is 0 Å². The van der Waals surface area contributed by atoms with Crippen LogP contribution < -0.4 is 11.0 Å². The third-order valence-electron chi connectivity index (χ3n) is 5.37. The van der Waals surface area contributed by atoms with Crippen LogP contribution in [0.3, 0.4) is 0 Å². The number of nitrogens with zero attached hydrogens (tertiary/aromatic N) is 5. The van der Waals surface area contributed by atoms with Crippen LogP contribution >= 0.6 is 0 Å². The second kappa shape index (κ2) is 9.90. The van der Waals surface area contributed by atoms with E-state index in [2.05, 4.69) is 9.98 Å². The first-order valence-electron chi connectivity index (χ1n) is 11.3. The summed E-state index contributed by atoms with van der Waals surface area (Å²) in [6, 6.07) is 11.5. The fourth-order valence-corrected chi connectivity index (χ4v) is 3.78. The number of carbonyl (C=O) groups is 2. The monoisotopic (exact) mass is 489 g/mol. The zero-order chi connectivity index (χ0) is 26.0. The van der Waals surface area contributed by atoms with Crippen molar-refractivity contribution >= 4 is 34.2 Å². The third kappa shape index (κ3) is 4.63. The molecule has 11 nitrogen and oxygen atoms in total. The average Bonchev–Trinajstić information content (AvgIpc) is 2.85. The molecule has 0 saturated heterocycles. The van der Waals surface area contributed by atoms with Gasteiger partial charge in [-0.15, -0.1) is 0 Å².